The Balaban J connectivity index is 1.26. The molecule has 1 aliphatic rings. The quantitative estimate of drug-likeness (QED) is 0.270. The maximum absolute atomic E-state index is 12.6. The summed E-state index contributed by atoms with van der Waals surface area (Å²) >= 11 is 0. The van der Waals surface area contributed by atoms with Gasteiger partial charge in [0.1, 0.15) is 17.5 Å². The van der Waals surface area contributed by atoms with Crippen molar-refractivity contribution in [3.8, 4) is 22.5 Å². The lowest BCUT2D eigenvalue weighted by Gasteiger charge is -2.32. The summed E-state index contributed by atoms with van der Waals surface area (Å²) in [5.41, 5.74) is 5.80. The lowest BCUT2D eigenvalue weighted by molar-refractivity contribution is -0.141. The fraction of sp³-hybridized carbons (Fsp3) is 0.258. The van der Waals surface area contributed by atoms with Crippen molar-refractivity contribution < 1.29 is 24.0 Å². The smallest absolute Gasteiger partial charge is 0.412 e. The third-order valence-corrected chi connectivity index (χ3v) is 7.13. The number of rotatable bonds is 7. The number of hydrogen-bond acceptors (Lipinski definition) is 6. The molecule has 8 heteroatoms. The number of nitrogens with one attached hydrogen (secondary N) is 1. The van der Waals surface area contributed by atoms with E-state index in [4.69, 9.17) is 9.26 Å². The molecule has 0 radical (unpaired) electrons. The first-order valence-electron chi connectivity index (χ1n) is 13.1. The molecule has 2 heterocycles. The first-order chi connectivity index (χ1) is 18.9. The predicted molar refractivity (Wildman–Crippen MR) is 150 cm³/mol. The number of benzene rings is 3. The van der Waals surface area contributed by atoms with Crippen LogP contribution < -0.4 is 10.2 Å². The third kappa shape index (κ3) is 5.95. The van der Waals surface area contributed by atoms with Crippen molar-refractivity contribution in [2.24, 2.45) is 5.92 Å². The Bertz CT molecular complexity index is 1430. The van der Waals surface area contributed by atoms with Crippen LogP contribution in [0.1, 0.15) is 37.1 Å². The van der Waals surface area contributed by atoms with E-state index in [0.29, 0.717) is 23.7 Å². The molecular weight excluding hydrogens is 494 g/mol. The van der Waals surface area contributed by atoms with Crippen molar-refractivity contribution >= 4 is 23.4 Å². The van der Waals surface area contributed by atoms with Crippen LogP contribution in [0.25, 0.3) is 22.5 Å². The second kappa shape index (κ2) is 11.4. The van der Waals surface area contributed by atoms with Gasteiger partial charge < -0.3 is 19.3 Å². The van der Waals surface area contributed by atoms with Gasteiger partial charge in [-0.05, 0) is 55.5 Å². The van der Waals surface area contributed by atoms with Crippen LogP contribution in [0.2, 0.25) is 0 Å². The van der Waals surface area contributed by atoms with Gasteiger partial charge in [-0.2, -0.15) is 0 Å². The standard InChI is InChI=1S/C31H31N3O5/c1-20-28(32-31(37)38-21(2)22-7-4-3-5-8-22)29(39-33-20)25-12-10-23(11-13-25)24-14-16-27(17-15-24)34-18-6-9-26(19-34)30(35)36/h3-5,7-8,10-17,21,26H,6,9,18-19H2,1-2H3,(H,32,37)(H,35,36)/t21-,26-/m1/s1. The minimum atomic E-state index is -0.727. The number of nitrogens with zero attached hydrogens (tertiary/aromatic N) is 2. The molecule has 2 atom stereocenters. The summed E-state index contributed by atoms with van der Waals surface area (Å²) < 4.78 is 11.1. The zero-order valence-corrected chi connectivity index (χ0v) is 22.0. The number of ether oxygens (including phenoxy) is 1. The molecule has 8 nitrogen and oxygen atoms in total. The van der Waals surface area contributed by atoms with Gasteiger partial charge >= 0.3 is 12.1 Å². The molecule has 1 fully saturated rings. The number of carbonyl (C=O) groups is 2. The first kappa shape index (κ1) is 26.0. The average Bonchev–Trinajstić information content (AvgIpc) is 3.33. The number of aliphatic carboxylic acids is 1. The van der Waals surface area contributed by atoms with Gasteiger partial charge in [-0.3, -0.25) is 10.1 Å². The summed E-state index contributed by atoms with van der Waals surface area (Å²) in [7, 11) is 0. The van der Waals surface area contributed by atoms with Crippen molar-refractivity contribution in [1.82, 2.24) is 5.16 Å². The normalized spacial score (nSPS) is 15.9. The van der Waals surface area contributed by atoms with Crippen molar-refractivity contribution in [3.63, 3.8) is 0 Å². The van der Waals surface area contributed by atoms with Gasteiger partial charge in [0.05, 0.1) is 5.92 Å². The molecule has 5 rings (SSSR count). The minimum Gasteiger partial charge on any atom is -0.481 e. The van der Waals surface area contributed by atoms with Gasteiger partial charge in [-0.25, -0.2) is 4.79 Å². The Labute approximate surface area is 227 Å². The molecule has 0 unspecified atom stereocenters. The van der Waals surface area contributed by atoms with Crippen molar-refractivity contribution in [2.75, 3.05) is 23.3 Å². The van der Waals surface area contributed by atoms with Crippen LogP contribution in [0.3, 0.4) is 0 Å². The van der Waals surface area contributed by atoms with Crippen LogP contribution in [0.15, 0.2) is 83.4 Å². The van der Waals surface area contributed by atoms with E-state index < -0.39 is 18.2 Å². The molecule has 3 aromatic carbocycles. The number of carboxylic acids is 1. The Morgan fingerprint density at radius 2 is 1.64 bits per heavy atom. The SMILES string of the molecule is Cc1noc(-c2ccc(-c3ccc(N4CCC[C@@H](C(=O)O)C4)cc3)cc2)c1NC(=O)O[C@H](C)c1ccccc1. The largest absolute Gasteiger partial charge is 0.481 e. The number of piperidine rings is 1. The van der Waals surface area contributed by atoms with Crippen molar-refractivity contribution in [3.05, 3.63) is 90.1 Å². The van der Waals surface area contributed by atoms with Crippen LogP contribution in [0, 0.1) is 12.8 Å². The first-order valence-corrected chi connectivity index (χ1v) is 13.1. The number of aromatic nitrogens is 1. The Kier molecular flexibility index (Phi) is 7.63. The number of carbonyl (C=O) groups excluding carboxylic acids is 1. The zero-order valence-electron chi connectivity index (χ0n) is 22.0. The molecule has 0 aliphatic carbocycles. The van der Waals surface area contributed by atoms with Gasteiger partial charge in [-0.15, -0.1) is 0 Å². The Hall–Kier alpha value is -4.59. The van der Waals surface area contributed by atoms with Crippen LogP contribution in [-0.2, 0) is 9.53 Å². The molecule has 1 aliphatic heterocycles. The van der Waals surface area contributed by atoms with Gasteiger partial charge in [0.15, 0.2) is 5.76 Å². The van der Waals surface area contributed by atoms with E-state index in [0.717, 1.165) is 47.3 Å². The van der Waals surface area contributed by atoms with Gasteiger partial charge in [-0.1, -0.05) is 71.9 Å². The number of hydrogen-bond donors (Lipinski definition) is 2. The Morgan fingerprint density at radius 1 is 1.00 bits per heavy atom. The van der Waals surface area contributed by atoms with E-state index in [9.17, 15) is 14.7 Å². The number of amides is 1. The van der Waals surface area contributed by atoms with E-state index in [1.165, 1.54) is 0 Å². The average molecular weight is 526 g/mol. The molecule has 1 aromatic heterocycles. The van der Waals surface area contributed by atoms with E-state index in [2.05, 4.69) is 15.4 Å². The van der Waals surface area contributed by atoms with Crippen LogP contribution in [0.4, 0.5) is 16.2 Å². The fourth-order valence-electron chi connectivity index (χ4n) is 4.89. The van der Waals surface area contributed by atoms with E-state index in [1.807, 2.05) is 85.8 Å². The summed E-state index contributed by atoms with van der Waals surface area (Å²) in [6, 6.07) is 25.5. The van der Waals surface area contributed by atoms with Crippen LogP contribution >= 0.6 is 0 Å². The van der Waals surface area contributed by atoms with Crippen LogP contribution in [-0.4, -0.2) is 35.4 Å². The maximum atomic E-state index is 12.6. The highest BCUT2D eigenvalue weighted by Gasteiger charge is 2.25. The molecular formula is C31H31N3O5. The molecule has 2 N–H and O–H groups in total. The number of anilines is 2. The molecule has 1 saturated heterocycles. The lowest BCUT2D eigenvalue weighted by Crippen LogP contribution is -2.38. The predicted octanol–water partition coefficient (Wildman–Crippen LogP) is 6.93. The van der Waals surface area contributed by atoms with E-state index in [-0.39, 0.29) is 5.92 Å². The second-order valence-corrected chi connectivity index (χ2v) is 9.80. The fourth-order valence-corrected chi connectivity index (χ4v) is 4.89. The third-order valence-electron chi connectivity index (χ3n) is 7.13. The highest BCUT2D eigenvalue weighted by Crippen LogP contribution is 2.33. The van der Waals surface area contributed by atoms with Gasteiger partial charge in [0.2, 0.25) is 0 Å². The van der Waals surface area contributed by atoms with E-state index >= 15 is 0 Å². The van der Waals surface area contributed by atoms with Crippen molar-refractivity contribution in [2.45, 2.75) is 32.8 Å². The maximum Gasteiger partial charge on any atom is 0.412 e. The highest BCUT2D eigenvalue weighted by molar-refractivity contribution is 5.91. The molecule has 0 bridgehead atoms. The molecule has 0 spiro atoms. The minimum absolute atomic E-state index is 0.320. The lowest BCUT2D eigenvalue weighted by atomic mass is 9.97. The van der Waals surface area contributed by atoms with Gasteiger partial charge in [0, 0.05) is 24.3 Å². The Morgan fingerprint density at radius 3 is 2.31 bits per heavy atom. The highest BCUT2D eigenvalue weighted by atomic mass is 16.6. The van der Waals surface area contributed by atoms with Crippen LogP contribution in [0.5, 0.6) is 0 Å². The van der Waals surface area contributed by atoms with Gasteiger partial charge in [0.25, 0.3) is 0 Å². The summed E-state index contributed by atoms with van der Waals surface area (Å²) in [4.78, 5) is 26.2. The summed E-state index contributed by atoms with van der Waals surface area (Å²) in [5.74, 6) is -0.591. The monoisotopic (exact) mass is 525 g/mol. The topological polar surface area (TPSA) is 105 Å². The summed E-state index contributed by atoms with van der Waals surface area (Å²) in [5, 5.41) is 16.2. The van der Waals surface area contributed by atoms with E-state index in [1.54, 1.807) is 6.92 Å². The zero-order chi connectivity index (χ0) is 27.4. The molecule has 1 amide bonds. The molecule has 39 heavy (non-hydrogen) atoms. The number of aryl methyl sites for hydroxylation is 1. The number of carboxylic acid groups (broad SMARTS) is 1. The molecule has 200 valence electrons. The summed E-state index contributed by atoms with van der Waals surface area (Å²) in [6.07, 6.45) is 0.613. The summed E-state index contributed by atoms with van der Waals surface area (Å²) in [6.45, 7) is 4.99. The molecule has 0 saturated carbocycles. The second-order valence-electron chi connectivity index (χ2n) is 9.80. The molecule has 4 aromatic rings. The van der Waals surface area contributed by atoms with Crippen molar-refractivity contribution in [1.29, 1.82) is 0 Å².